The molecule has 120 valence electrons. The summed E-state index contributed by atoms with van der Waals surface area (Å²) in [5.41, 5.74) is 3.11. The number of hydrogen-bond acceptors (Lipinski definition) is 4. The van der Waals surface area contributed by atoms with Crippen LogP contribution in [0.3, 0.4) is 0 Å². The highest BCUT2D eigenvalue weighted by Crippen LogP contribution is 2.42. The van der Waals surface area contributed by atoms with E-state index in [-0.39, 0.29) is 12.4 Å². The number of carbonyl (C=O) groups is 1. The van der Waals surface area contributed by atoms with E-state index in [1.807, 2.05) is 56.3 Å². The molecule has 4 heteroatoms. The number of nitrogens with one attached hydrogen (secondary N) is 1. The van der Waals surface area contributed by atoms with Gasteiger partial charge in [-0.3, -0.25) is 4.79 Å². The SMILES string of the molecule is CC(C)NCC(O)COc1cccc2c1-c1ccccc1C2=O. The Morgan fingerprint density at radius 3 is 2.48 bits per heavy atom. The Balaban J connectivity index is 1.80. The first-order chi connectivity index (χ1) is 11.1. The Hall–Kier alpha value is -2.17. The quantitative estimate of drug-likeness (QED) is 0.735. The summed E-state index contributed by atoms with van der Waals surface area (Å²) in [6.07, 6.45) is -0.597. The third-order valence-electron chi connectivity index (χ3n) is 3.90. The first-order valence-electron chi connectivity index (χ1n) is 7.89. The molecule has 0 aromatic heterocycles. The van der Waals surface area contributed by atoms with Gasteiger partial charge in [0.05, 0.1) is 0 Å². The first kappa shape index (κ1) is 15.7. The largest absolute Gasteiger partial charge is 0.490 e. The van der Waals surface area contributed by atoms with Gasteiger partial charge in [-0.2, -0.15) is 0 Å². The molecule has 1 atom stereocenters. The van der Waals surface area contributed by atoms with E-state index in [1.165, 1.54) is 0 Å². The van der Waals surface area contributed by atoms with Gasteiger partial charge in [0.1, 0.15) is 18.5 Å². The van der Waals surface area contributed by atoms with Gasteiger partial charge in [0.2, 0.25) is 0 Å². The Kier molecular flexibility index (Phi) is 4.46. The molecule has 0 amide bonds. The first-order valence-corrected chi connectivity index (χ1v) is 7.89. The van der Waals surface area contributed by atoms with Crippen LogP contribution in [0.4, 0.5) is 0 Å². The van der Waals surface area contributed by atoms with E-state index in [2.05, 4.69) is 5.32 Å². The molecule has 0 heterocycles. The maximum atomic E-state index is 12.4. The van der Waals surface area contributed by atoms with Crippen LogP contribution in [-0.4, -0.2) is 36.2 Å². The summed E-state index contributed by atoms with van der Waals surface area (Å²) >= 11 is 0. The van der Waals surface area contributed by atoms with Gasteiger partial charge in [-0.25, -0.2) is 0 Å². The van der Waals surface area contributed by atoms with Crippen LogP contribution >= 0.6 is 0 Å². The Labute approximate surface area is 136 Å². The molecule has 1 aliphatic rings. The molecule has 0 spiro atoms. The fourth-order valence-electron chi connectivity index (χ4n) is 2.78. The third kappa shape index (κ3) is 3.14. The van der Waals surface area contributed by atoms with E-state index in [0.29, 0.717) is 29.5 Å². The molecule has 2 aromatic rings. The highest BCUT2D eigenvalue weighted by Gasteiger charge is 2.29. The van der Waals surface area contributed by atoms with E-state index < -0.39 is 6.10 Å². The lowest BCUT2D eigenvalue weighted by Crippen LogP contribution is -2.35. The number of fused-ring (bicyclic) bond motifs is 3. The summed E-state index contributed by atoms with van der Waals surface area (Å²) in [5.74, 6) is 0.674. The molecule has 3 rings (SSSR count). The summed E-state index contributed by atoms with van der Waals surface area (Å²) in [4.78, 5) is 12.4. The molecule has 2 aromatic carbocycles. The summed E-state index contributed by atoms with van der Waals surface area (Å²) in [5, 5.41) is 13.2. The van der Waals surface area contributed by atoms with Crippen molar-refractivity contribution in [2.75, 3.05) is 13.2 Å². The van der Waals surface area contributed by atoms with Crippen molar-refractivity contribution in [3.63, 3.8) is 0 Å². The molecule has 1 aliphatic carbocycles. The molecule has 0 saturated carbocycles. The van der Waals surface area contributed by atoms with Crippen molar-refractivity contribution in [3.05, 3.63) is 53.6 Å². The normalized spacial score (nSPS) is 13.8. The van der Waals surface area contributed by atoms with Crippen LogP contribution in [0.2, 0.25) is 0 Å². The lowest BCUT2D eigenvalue weighted by atomic mass is 10.0. The van der Waals surface area contributed by atoms with Crippen LogP contribution in [0.25, 0.3) is 11.1 Å². The van der Waals surface area contributed by atoms with Crippen molar-refractivity contribution in [1.82, 2.24) is 5.32 Å². The van der Waals surface area contributed by atoms with Gasteiger partial charge >= 0.3 is 0 Å². The molecular formula is C19H21NO3. The van der Waals surface area contributed by atoms with Gasteiger partial charge in [-0.1, -0.05) is 50.2 Å². The highest BCUT2D eigenvalue weighted by atomic mass is 16.5. The standard InChI is InChI=1S/C19H21NO3/c1-12(2)20-10-13(21)11-23-17-9-5-8-16-18(17)14-6-3-4-7-15(14)19(16)22/h3-9,12-13,20-21H,10-11H2,1-2H3. The number of aliphatic hydroxyl groups excluding tert-OH is 1. The predicted octanol–water partition coefficient (Wildman–Crippen LogP) is 2.64. The number of ether oxygens (including phenoxy) is 1. The zero-order chi connectivity index (χ0) is 16.4. The van der Waals surface area contributed by atoms with Gasteiger partial charge in [0.25, 0.3) is 0 Å². The van der Waals surface area contributed by atoms with E-state index in [0.717, 1.165) is 11.1 Å². The second-order valence-corrected chi connectivity index (χ2v) is 6.08. The number of carbonyl (C=O) groups excluding carboxylic acids is 1. The average Bonchev–Trinajstić information content (AvgIpc) is 2.85. The molecule has 4 nitrogen and oxygen atoms in total. The van der Waals surface area contributed by atoms with Crippen molar-refractivity contribution in [3.8, 4) is 16.9 Å². The highest BCUT2D eigenvalue weighted by molar-refractivity contribution is 6.22. The summed E-state index contributed by atoms with van der Waals surface area (Å²) in [6.45, 7) is 4.72. The van der Waals surface area contributed by atoms with Crippen molar-refractivity contribution in [2.45, 2.75) is 26.0 Å². The third-order valence-corrected chi connectivity index (χ3v) is 3.90. The molecule has 0 fully saturated rings. The van der Waals surface area contributed by atoms with Crippen LogP contribution in [-0.2, 0) is 0 Å². The lowest BCUT2D eigenvalue weighted by molar-refractivity contribution is 0.103. The predicted molar refractivity (Wildman–Crippen MR) is 90.0 cm³/mol. The smallest absolute Gasteiger partial charge is 0.194 e. The van der Waals surface area contributed by atoms with Crippen molar-refractivity contribution in [2.24, 2.45) is 0 Å². The number of rotatable bonds is 6. The van der Waals surface area contributed by atoms with E-state index in [4.69, 9.17) is 4.74 Å². The van der Waals surface area contributed by atoms with Gasteiger partial charge < -0.3 is 15.2 Å². The zero-order valence-corrected chi connectivity index (χ0v) is 13.4. The topological polar surface area (TPSA) is 58.6 Å². The Bertz CT molecular complexity index is 724. The van der Waals surface area contributed by atoms with Crippen LogP contribution < -0.4 is 10.1 Å². The van der Waals surface area contributed by atoms with Crippen LogP contribution in [0.1, 0.15) is 29.8 Å². The molecule has 0 radical (unpaired) electrons. The van der Waals surface area contributed by atoms with E-state index in [9.17, 15) is 9.90 Å². The minimum Gasteiger partial charge on any atom is -0.490 e. The maximum absolute atomic E-state index is 12.4. The molecule has 0 bridgehead atoms. The lowest BCUT2D eigenvalue weighted by Gasteiger charge is -2.16. The number of ketones is 1. The molecule has 0 saturated heterocycles. The molecular weight excluding hydrogens is 290 g/mol. The minimum atomic E-state index is -0.597. The summed E-state index contributed by atoms with van der Waals surface area (Å²) in [6, 6.07) is 13.3. The van der Waals surface area contributed by atoms with Crippen molar-refractivity contribution < 1.29 is 14.6 Å². The molecule has 23 heavy (non-hydrogen) atoms. The second-order valence-electron chi connectivity index (χ2n) is 6.08. The summed E-state index contributed by atoms with van der Waals surface area (Å²) in [7, 11) is 0. The van der Waals surface area contributed by atoms with Crippen molar-refractivity contribution in [1.29, 1.82) is 0 Å². The second kappa shape index (κ2) is 6.52. The fraction of sp³-hybridized carbons (Fsp3) is 0.316. The average molecular weight is 311 g/mol. The van der Waals surface area contributed by atoms with Gasteiger partial charge in [0.15, 0.2) is 5.78 Å². The fourth-order valence-corrected chi connectivity index (χ4v) is 2.78. The summed E-state index contributed by atoms with van der Waals surface area (Å²) < 4.78 is 5.81. The molecule has 0 aliphatic heterocycles. The monoisotopic (exact) mass is 311 g/mol. The molecule has 2 N–H and O–H groups in total. The number of hydrogen-bond donors (Lipinski definition) is 2. The van der Waals surface area contributed by atoms with E-state index >= 15 is 0 Å². The zero-order valence-electron chi connectivity index (χ0n) is 13.4. The van der Waals surface area contributed by atoms with Crippen LogP contribution in [0.15, 0.2) is 42.5 Å². The van der Waals surface area contributed by atoms with Gasteiger partial charge in [-0.05, 0) is 11.6 Å². The van der Waals surface area contributed by atoms with Gasteiger partial charge in [-0.15, -0.1) is 0 Å². The van der Waals surface area contributed by atoms with Crippen LogP contribution in [0.5, 0.6) is 5.75 Å². The number of benzene rings is 2. The van der Waals surface area contributed by atoms with Crippen molar-refractivity contribution >= 4 is 5.78 Å². The Morgan fingerprint density at radius 2 is 1.74 bits per heavy atom. The number of aliphatic hydroxyl groups is 1. The van der Waals surface area contributed by atoms with E-state index in [1.54, 1.807) is 0 Å². The maximum Gasteiger partial charge on any atom is 0.194 e. The minimum absolute atomic E-state index is 0.0306. The molecule has 1 unspecified atom stereocenters. The van der Waals surface area contributed by atoms with Crippen LogP contribution in [0, 0.1) is 0 Å². The Morgan fingerprint density at radius 1 is 1.04 bits per heavy atom. The van der Waals surface area contributed by atoms with Gasteiger partial charge in [0, 0.05) is 29.3 Å².